The fourth-order valence-electron chi connectivity index (χ4n) is 2.50. The number of carbonyl (C=O) groups is 1. The van der Waals surface area contributed by atoms with Crippen molar-refractivity contribution in [2.75, 3.05) is 20.3 Å². The van der Waals surface area contributed by atoms with Crippen LogP contribution in [0.15, 0.2) is 42.5 Å². The van der Waals surface area contributed by atoms with E-state index in [9.17, 15) is 4.79 Å². The van der Waals surface area contributed by atoms with Crippen LogP contribution in [0, 0.1) is 13.8 Å². The lowest BCUT2D eigenvalue weighted by Gasteiger charge is -2.19. The molecule has 26 heavy (non-hydrogen) atoms. The Hall–Kier alpha value is -2.69. The summed E-state index contributed by atoms with van der Waals surface area (Å²) in [7, 11) is 1.58. The highest BCUT2D eigenvalue weighted by molar-refractivity contribution is 5.81. The Kier molecular flexibility index (Phi) is 7.33. The minimum absolute atomic E-state index is 0.164. The van der Waals surface area contributed by atoms with E-state index in [4.69, 9.17) is 14.2 Å². The van der Waals surface area contributed by atoms with Crippen LogP contribution in [-0.2, 0) is 4.79 Å². The van der Waals surface area contributed by atoms with Crippen molar-refractivity contribution in [3.8, 4) is 17.2 Å². The van der Waals surface area contributed by atoms with E-state index in [0.717, 1.165) is 16.9 Å². The number of hydrogen-bond donors (Lipinski definition) is 1. The zero-order valence-corrected chi connectivity index (χ0v) is 15.9. The molecule has 0 saturated heterocycles. The highest BCUT2D eigenvalue weighted by Gasteiger charge is 2.19. The van der Waals surface area contributed by atoms with E-state index in [-0.39, 0.29) is 5.91 Å². The number of rotatable bonds is 9. The molecule has 140 valence electrons. The Morgan fingerprint density at radius 2 is 1.81 bits per heavy atom. The molecule has 0 aromatic heterocycles. The van der Waals surface area contributed by atoms with Crippen LogP contribution < -0.4 is 19.5 Å². The van der Waals surface area contributed by atoms with Crippen LogP contribution in [0.4, 0.5) is 0 Å². The maximum absolute atomic E-state index is 12.4. The smallest absolute Gasteiger partial charge is 0.261 e. The van der Waals surface area contributed by atoms with Gasteiger partial charge in [-0.3, -0.25) is 4.79 Å². The summed E-state index contributed by atoms with van der Waals surface area (Å²) in [5.41, 5.74) is 2.22. The zero-order valence-electron chi connectivity index (χ0n) is 15.9. The van der Waals surface area contributed by atoms with E-state index in [1.807, 2.05) is 51.1 Å². The van der Waals surface area contributed by atoms with Gasteiger partial charge in [0.15, 0.2) is 17.6 Å². The molecular weight excluding hydrogens is 330 g/mol. The Labute approximate surface area is 155 Å². The fraction of sp³-hybridized carbons (Fsp3) is 0.381. The first kappa shape index (κ1) is 19.6. The SMILES string of the molecule is CCC(Oc1ccccc1OC)C(=O)NCCOc1cc(C)ccc1C. The second-order valence-corrected chi connectivity index (χ2v) is 6.07. The minimum Gasteiger partial charge on any atom is -0.493 e. The molecule has 0 heterocycles. The molecule has 0 fully saturated rings. The van der Waals surface area contributed by atoms with Gasteiger partial charge >= 0.3 is 0 Å². The highest BCUT2D eigenvalue weighted by Crippen LogP contribution is 2.27. The van der Waals surface area contributed by atoms with Gasteiger partial charge in [-0.1, -0.05) is 31.2 Å². The van der Waals surface area contributed by atoms with Crippen LogP contribution in [0.5, 0.6) is 17.2 Å². The van der Waals surface area contributed by atoms with Crippen LogP contribution in [0.1, 0.15) is 24.5 Å². The average molecular weight is 357 g/mol. The average Bonchev–Trinajstić information content (AvgIpc) is 2.65. The molecule has 2 aromatic rings. The summed E-state index contributed by atoms with van der Waals surface area (Å²) >= 11 is 0. The second kappa shape index (κ2) is 9.70. The van der Waals surface area contributed by atoms with Crippen LogP contribution in [-0.4, -0.2) is 32.3 Å². The number of para-hydroxylation sites is 2. The van der Waals surface area contributed by atoms with E-state index >= 15 is 0 Å². The van der Waals surface area contributed by atoms with Crippen LogP contribution in [0.2, 0.25) is 0 Å². The topological polar surface area (TPSA) is 56.8 Å². The van der Waals surface area contributed by atoms with Gasteiger partial charge in [0.2, 0.25) is 0 Å². The zero-order chi connectivity index (χ0) is 18.9. The van der Waals surface area contributed by atoms with Crippen molar-refractivity contribution in [3.05, 3.63) is 53.6 Å². The first-order chi connectivity index (χ1) is 12.5. The van der Waals surface area contributed by atoms with E-state index < -0.39 is 6.10 Å². The Balaban J connectivity index is 1.84. The Bertz CT molecular complexity index is 730. The molecule has 2 aromatic carbocycles. The van der Waals surface area contributed by atoms with Crippen molar-refractivity contribution in [2.24, 2.45) is 0 Å². The van der Waals surface area contributed by atoms with Gasteiger partial charge < -0.3 is 19.5 Å². The van der Waals surface area contributed by atoms with Gasteiger partial charge in [-0.05, 0) is 49.6 Å². The van der Waals surface area contributed by atoms with Crippen molar-refractivity contribution in [1.82, 2.24) is 5.32 Å². The van der Waals surface area contributed by atoms with Crippen molar-refractivity contribution in [3.63, 3.8) is 0 Å². The van der Waals surface area contributed by atoms with Crippen LogP contribution in [0.3, 0.4) is 0 Å². The summed E-state index contributed by atoms with van der Waals surface area (Å²) in [6.07, 6.45) is -0.0196. The monoisotopic (exact) mass is 357 g/mol. The maximum atomic E-state index is 12.4. The number of hydrogen-bond acceptors (Lipinski definition) is 4. The molecule has 0 aliphatic heterocycles. The molecule has 0 aliphatic carbocycles. The number of ether oxygens (including phenoxy) is 3. The molecule has 0 aliphatic rings. The second-order valence-electron chi connectivity index (χ2n) is 6.07. The number of benzene rings is 2. The summed E-state index contributed by atoms with van der Waals surface area (Å²) in [5.74, 6) is 1.85. The van der Waals surface area contributed by atoms with Crippen LogP contribution >= 0.6 is 0 Å². The fourth-order valence-corrected chi connectivity index (χ4v) is 2.50. The van der Waals surface area contributed by atoms with Gasteiger partial charge in [0.1, 0.15) is 12.4 Å². The molecule has 5 heteroatoms. The Morgan fingerprint density at radius 1 is 1.08 bits per heavy atom. The molecule has 0 saturated carbocycles. The quantitative estimate of drug-likeness (QED) is 0.696. The number of nitrogens with one attached hydrogen (secondary N) is 1. The first-order valence-corrected chi connectivity index (χ1v) is 8.82. The molecule has 5 nitrogen and oxygen atoms in total. The predicted octanol–water partition coefficient (Wildman–Crippen LogP) is 3.66. The molecule has 0 radical (unpaired) electrons. The van der Waals surface area contributed by atoms with Gasteiger partial charge in [-0.2, -0.15) is 0 Å². The number of amides is 1. The predicted molar refractivity (Wildman–Crippen MR) is 102 cm³/mol. The van der Waals surface area contributed by atoms with Crippen molar-refractivity contribution in [1.29, 1.82) is 0 Å². The third-order valence-corrected chi connectivity index (χ3v) is 4.00. The van der Waals surface area contributed by atoms with E-state index in [2.05, 4.69) is 5.32 Å². The van der Waals surface area contributed by atoms with Gasteiger partial charge in [0.25, 0.3) is 5.91 Å². The third kappa shape index (κ3) is 5.41. The lowest BCUT2D eigenvalue weighted by molar-refractivity contribution is -0.128. The minimum atomic E-state index is -0.577. The summed E-state index contributed by atoms with van der Waals surface area (Å²) in [6, 6.07) is 13.4. The summed E-state index contributed by atoms with van der Waals surface area (Å²) < 4.78 is 16.8. The van der Waals surface area contributed by atoms with Gasteiger partial charge in [0.05, 0.1) is 13.7 Å². The third-order valence-electron chi connectivity index (χ3n) is 4.00. The van der Waals surface area contributed by atoms with E-state index in [0.29, 0.717) is 31.1 Å². The highest BCUT2D eigenvalue weighted by atomic mass is 16.5. The molecule has 0 bridgehead atoms. The molecular formula is C21H27NO4. The summed E-state index contributed by atoms with van der Waals surface area (Å²) in [6.45, 7) is 6.75. The number of carbonyl (C=O) groups excluding carboxylic acids is 1. The first-order valence-electron chi connectivity index (χ1n) is 8.82. The van der Waals surface area contributed by atoms with Crippen molar-refractivity contribution < 1.29 is 19.0 Å². The van der Waals surface area contributed by atoms with E-state index in [1.54, 1.807) is 19.2 Å². The van der Waals surface area contributed by atoms with Gasteiger partial charge in [-0.15, -0.1) is 0 Å². The lowest BCUT2D eigenvalue weighted by Crippen LogP contribution is -2.39. The standard InChI is InChI=1S/C21H27NO4/c1-5-17(26-19-9-7-6-8-18(19)24-4)21(23)22-12-13-25-20-14-15(2)10-11-16(20)3/h6-11,14,17H,5,12-13H2,1-4H3,(H,22,23). The van der Waals surface area contributed by atoms with Crippen molar-refractivity contribution in [2.45, 2.75) is 33.3 Å². The van der Waals surface area contributed by atoms with Gasteiger partial charge in [0, 0.05) is 0 Å². The van der Waals surface area contributed by atoms with E-state index in [1.165, 1.54) is 0 Å². The summed E-state index contributed by atoms with van der Waals surface area (Å²) in [5, 5.41) is 2.87. The molecule has 1 atom stereocenters. The van der Waals surface area contributed by atoms with Gasteiger partial charge in [-0.25, -0.2) is 0 Å². The number of methoxy groups -OCH3 is 1. The molecule has 0 spiro atoms. The Morgan fingerprint density at radius 3 is 2.50 bits per heavy atom. The number of aryl methyl sites for hydroxylation is 2. The largest absolute Gasteiger partial charge is 0.493 e. The normalized spacial score (nSPS) is 11.5. The molecule has 1 amide bonds. The lowest BCUT2D eigenvalue weighted by atomic mass is 10.1. The molecule has 1 unspecified atom stereocenters. The maximum Gasteiger partial charge on any atom is 0.261 e. The van der Waals surface area contributed by atoms with Crippen LogP contribution in [0.25, 0.3) is 0 Å². The molecule has 1 N–H and O–H groups in total. The summed E-state index contributed by atoms with van der Waals surface area (Å²) in [4.78, 5) is 12.4. The van der Waals surface area contributed by atoms with Crippen molar-refractivity contribution >= 4 is 5.91 Å². The molecule has 2 rings (SSSR count).